The summed E-state index contributed by atoms with van der Waals surface area (Å²) < 4.78 is 0. The van der Waals surface area contributed by atoms with E-state index < -0.39 is 0 Å². The Balaban J connectivity index is 3.45. The van der Waals surface area contributed by atoms with Gasteiger partial charge in [-0.2, -0.15) is 0 Å². The first kappa shape index (κ1) is 9.09. The molecule has 0 rings (SSSR count). The summed E-state index contributed by atoms with van der Waals surface area (Å²) in [6, 6.07) is 0. The normalized spacial score (nSPS) is 12.9. The highest BCUT2D eigenvalue weighted by molar-refractivity contribution is 8.02. The highest BCUT2D eigenvalue weighted by Crippen LogP contribution is 2.16. The minimum Gasteiger partial charge on any atom is -0.135 e. The Morgan fingerprint density at radius 3 is 2.22 bits per heavy atom. The van der Waals surface area contributed by atoms with Gasteiger partial charge < -0.3 is 0 Å². The van der Waals surface area contributed by atoms with Gasteiger partial charge in [0, 0.05) is 0 Å². The van der Waals surface area contributed by atoms with E-state index in [0.29, 0.717) is 5.41 Å². The summed E-state index contributed by atoms with van der Waals surface area (Å²) in [5.41, 5.74) is 0.349. The van der Waals surface area contributed by atoms with Crippen molar-refractivity contribution in [3.63, 3.8) is 0 Å². The van der Waals surface area contributed by atoms with Gasteiger partial charge in [-0.3, -0.25) is 0 Å². The number of thioether (sulfide) groups is 1. The van der Waals surface area contributed by atoms with Crippen LogP contribution in [0.5, 0.6) is 0 Å². The smallest absolute Gasteiger partial charge is 0.00545 e. The van der Waals surface area contributed by atoms with Crippen molar-refractivity contribution in [2.75, 3.05) is 5.75 Å². The molecule has 0 heterocycles. The van der Waals surface area contributed by atoms with E-state index in [1.165, 1.54) is 5.75 Å². The standard InChI is InChI=1S/C8H16S/c1-5-9-7-6-8(2,3)4/h6-7H,5H2,1-4H3/b7-6-. The van der Waals surface area contributed by atoms with Crippen LogP contribution in [0, 0.1) is 5.41 Å². The Kier molecular flexibility index (Phi) is 4.03. The number of rotatable bonds is 2. The fourth-order valence-electron chi connectivity index (χ4n) is 0.348. The lowest BCUT2D eigenvalue weighted by atomic mass is 9.98. The van der Waals surface area contributed by atoms with Crippen molar-refractivity contribution >= 4 is 11.8 Å². The van der Waals surface area contributed by atoms with Crippen LogP contribution in [0.4, 0.5) is 0 Å². The van der Waals surface area contributed by atoms with E-state index in [4.69, 9.17) is 0 Å². The lowest BCUT2D eigenvalue weighted by molar-refractivity contribution is 0.545. The molecule has 0 radical (unpaired) electrons. The molecule has 0 aromatic heterocycles. The molecule has 0 bridgehead atoms. The zero-order valence-electron chi connectivity index (χ0n) is 6.77. The second-order valence-corrected chi connectivity index (χ2v) is 4.31. The summed E-state index contributed by atoms with van der Waals surface area (Å²) in [5.74, 6) is 1.17. The first-order valence-electron chi connectivity index (χ1n) is 3.35. The highest BCUT2D eigenvalue weighted by Gasteiger charge is 2.02. The summed E-state index contributed by atoms with van der Waals surface area (Å²) >= 11 is 1.85. The second kappa shape index (κ2) is 3.99. The van der Waals surface area contributed by atoms with Crippen molar-refractivity contribution in [2.24, 2.45) is 5.41 Å². The van der Waals surface area contributed by atoms with E-state index in [1.807, 2.05) is 11.8 Å². The van der Waals surface area contributed by atoms with Gasteiger partial charge in [-0.1, -0.05) is 33.8 Å². The van der Waals surface area contributed by atoms with E-state index in [0.717, 1.165) is 0 Å². The minimum absolute atomic E-state index is 0.349. The fourth-order valence-corrected chi connectivity index (χ4v) is 1.05. The van der Waals surface area contributed by atoms with Crippen LogP contribution in [0.15, 0.2) is 11.5 Å². The SMILES string of the molecule is CCS/C=C\C(C)(C)C. The Morgan fingerprint density at radius 2 is 1.89 bits per heavy atom. The molecule has 1 heteroatoms. The average Bonchev–Trinajstić information content (AvgIpc) is 1.63. The molecule has 0 nitrogen and oxygen atoms in total. The molecular weight excluding hydrogens is 128 g/mol. The van der Waals surface area contributed by atoms with Gasteiger partial charge in [-0.25, -0.2) is 0 Å². The predicted molar refractivity (Wildman–Crippen MR) is 46.7 cm³/mol. The average molecular weight is 144 g/mol. The molecule has 0 aromatic carbocycles. The topological polar surface area (TPSA) is 0 Å². The lowest BCUT2D eigenvalue weighted by Gasteiger charge is -2.10. The Labute approximate surface area is 62.7 Å². The molecule has 0 saturated heterocycles. The molecule has 0 amide bonds. The van der Waals surface area contributed by atoms with E-state index in [-0.39, 0.29) is 0 Å². The highest BCUT2D eigenvalue weighted by atomic mass is 32.2. The summed E-state index contributed by atoms with van der Waals surface area (Å²) in [6.45, 7) is 8.79. The molecule has 0 fully saturated rings. The van der Waals surface area contributed by atoms with Crippen molar-refractivity contribution in [3.8, 4) is 0 Å². The van der Waals surface area contributed by atoms with Crippen LogP contribution in [0.3, 0.4) is 0 Å². The second-order valence-electron chi connectivity index (χ2n) is 3.12. The Hall–Kier alpha value is 0.0900. The zero-order chi connectivity index (χ0) is 7.33. The largest absolute Gasteiger partial charge is 0.135 e. The Morgan fingerprint density at radius 1 is 1.33 bits per heavy atom. The van der Waals surface area contributed by atoms with Crippen molar-refractivity contribution in [1.82, 2.24) is 0 Å². The molecule has 9 heavy (non-hydrogen) atoms. The summed E-state index contributed by atoms with van der Waals surface area (Å²) in [6.07, 6.45) is 2.24. The quantitative estimate of drug-likeness (QED) is 0.573. The van der Waals surface area contributed by atoms with E-state index >= 15 is 0 Å². The predicted octanol–water partition coefficient (Wildman–Crippen LogP) is 3.30. The van der Waals surface area contributed by atoms with Crippen LogP contribution in [-0.4, -0.2) is 5.75 Å². The first-order valence-corrected chi connectivity index (χ1v) is 4.40. The maximum Gasteiger partial charge on any atom is -0.00545 e. The van der Waals surface area contributed by atoms with Crippen LogP contribution in [0.25, 0.3) is 0 Å². The molecule has 0 saturated carbocycles. The van der Waals surface area contributed by atoms with Crippen molar-refractivity contribution in [1.29, 1.82) is 0 Å². The van der Waals surface area contributed by atoms with Crippen LogP contribution >= 0.6 is 11.8 Å². The molecule has 54 valence electrons. The van der Waals surface area contributed by atoms with Gasteiger partial charge in [0.2, 0.25) is 0 Å². The summed E-state index contributed by atoms with van der Waals surface area (Å²) in [7, 11) is 0. The van der Waals surface area contributed by atoms with Crippen molar-refractivity contribution in [2.45, 2.75) is 27.7 Å². The van der Waals surface area contributed by atoms with Gasteiger partial charge in [0.1, 0.15) is 0 Å². The van der Waals surface area contributed by atoms with E-state index in [1.54, 1.807) is 0 Å². The van der Waals surface area contributed by atoms with Gasteiger partial charge in [0.25, 0.3) is 0 Å². The van der Waals surface area contributed by atoms with Crippen molar-refractivity contribution < 1.29 is 0 Å². The monoisotopic (exact) mass is 144 g/mol. The zero-order valence-corrected chi connectivity index (χ0v) is 7.59. The molecule has 0 atom stereocenters. The van der Waals surface area contributed by atoms with E-state index in [2.05, 4.69) is 39.2 Å². The van der Waals surface area contributed by atoms with Gasteiger partial charge in [0.05, 0.1) is 0 Å². The third-order valence-electron chi connectivity index (χ3n) is 0.831. The third-order valence-corrected chi connectivity index (χ3v) is 1.49. The van der Waals surface area contributed by atoms with Crippen LogP contribution < -0.4 is 0 Å². The molecule has 0 aliphatic rings. The maximum atomic E-state index is 2.24. The lowest BCUT2D eigenvalue weighted by Crippen LogP contribution is -1.97. The summed E-state index contributed by atoms with van der Waals surface area (Å²) in [5, 5.41) is 2.18. The van der Waals surface area contributed by atoms with Crippen molar-refractivity contribution in [3.05, 3.63) is 11.5 Å². The number of hydrogen-bond acceptors (Lipinski definition) is 1. The number of hydrogen-bond donors (Lipinski definition) is 0. The molecule has 0 spiro atoms. The fraction of sp³-hybridized carbons (Fsp3) is 0.750. The Bertz CT molecular complexity index is 87.2. The molecule has 0 unspecified atom stereocenters. The van der Waals surface area contributed by atoms with Crippen LogP contribution in [0.2, 0.25) is 0 Å². The molecule has 0 aromatic rings. The van der Waals surface area contributed by atoms with Crippen LogP contribution in [-0.2, 0) is 0 Å². The maximum absolute atomic E-state index is 2.24. The third kappa shape index (κ3) is 8.09. The first-order chi connectivity index (χ1) is 4.06. The molecule has 0 N–H and O–H groups in total. The van der Waals surface area contributed by atoms with Gasteiger partial charge in [-0.05, 0) is 16.6 Å². The van der Waals surface area contributed by atoms with Gasteiger partial charge in [0.15, 0.2) is 0 Å². The van der Waals surface area contributed by atoms with E-state index in [9.17, 15) is 0 Å². The number of allylic oxidation sites excluding steroid dienone is 1. The minimum atomic E-state index is 0.349. The van der Waals surface area contributed by atoms with Gasteiger partial charge >= 0.3 is 0 Å². The van der Waals surface area contributed by atoms with Crippen LogP contribution in [0.1, 0.15) is 27.7 Å². The van der Waals surface area contributed by atoms with Gasteiger partial charge in [-0.15, -0.1) is 11.8 Å². The summed E-state index contributed by atoms with van der Waals surface area (Å²) in [4.78, 5) is 0. The molecule has 0 aliphatic heterocycles. The molecule has 0 aliphatic carbocycles. The molecular formula is C8H16S.